The van der Waals surface area contributed by atoms with Crippen molar-refractivity contribution in [2.24, 2.45) is 23.3 Å². The van der Waals surface area contributed by atoms with E-state index in [1.165, 1.54) is 0 Å². The molecule has 2 aromatic carbocycles. The summed E-state index contributed by atoms with van der Waals surface area (Å²) in [5.74, 6) is -10.4. The molecule has 3 rings (SSSR count). The van der Waals surface area contributed by atoms with Crippen LogP contribution in [-0.2, 0) is 56.0 Å². The van der Waals surface area contributed by atoms with Gasteiger partial charge in [0.05, 0.1) is 6.04 Å². The number of fused-ring (bicyclic) bond motifs is 1. The fourth-order valence-electron chi connectivity index (χ4n) is 7.17. The van der Waals surface area contributed by atoms with Crippen LogP contribution in [0.5, 0.6) is 0 Å². The van der Waals surface area contributed by atoms with Crippen molar-refractivity contribution in [1.82, 2.24) is 36.9 Å². The Balaban J connectivity index is 1.86. The molecular weight excluding hydrogens is 871 g/mol. The highest BCUT2D eigenvalue weighted by Gasteiger charge is 2.36. The lowest BCUT2D eigenvalue weighted by molar-refractivity contribution is -0.142. The molecule has 67 heavy (non-hydrogen) atoms. The summed E-state index contributed by atoms with van der Waals surface area (Å²) in [5, 5.41) is 44.8. The standard InChI is InChI=1S/C46H65N9O12/c1-25(2)38(54-40(60)30(48)22-27-12-6-5-7-13-27)44(64)51-32(17-19-36(56)57)41(61)50-33(18-20-37(58)59)42(62)55-39(26(3)4)45(65)53-35(23-28-24-49-31-15-9-8-14-29(28)31)43(63)52-34(46(66)67)16-10-11-21-47/h5-9,12-15,24-26,30,32-35,38-39,49H,10-11,16-23,47-48H2,1-4H3,(H,50,61)(H,51,64)(H,52,63)(H,53,65)(H,54,60)(H,55,62)(H,56,57)(H,58,59)(H,66,67). The lowest BCUT2D eigenvalue weighted by Gasteiger charge is -2.29. The number of hydrogen-bond acceptors (Lipinski definition) is 11. The molecule has 1 heterocycles. The largest absolute Gasteiger partial charge is 0.481 e. The quantitative estimate of drug-likeness (QED) is 0.0421. The molecule has 0 fully saturated rings. The molecule has 0 aliphatic heterocycles. The third kappa shape index (κ3) is 17.8. The summed E-state index contributed by atoms with van der Waals surface area (Å²) in [7, 11) is 0. The molecule has 21 nitrogen and oxygen atoms in total. The highest BCUT2D eigenvalue weighted by molar-refractivity contribution is 5.98. The molecule has 0 aliphatic rings. The van der Waals surface area contributed by atoms with E-state index in [2.05, 4.69) is 36.9 Å². The van der Waals surface area contributed by atoms with Gasteiger partial charge in [-0.15, -0.1) is 0 Å². The molecule has 0 spiro atoms. The van der Waals surface area contributed by atoms with E-state index in [4.69, 9.17) is 11.5 Å². The number of unbranched alkanes of at least 4 members (excludes halogenated alkanes) is 1. The Hall–Kier alpha value is -6.87. The van der Waals surface area contributed by atoms with Gasteiger partial charge in [0, 0.05) is 36.4 Å². The number of carbonyl (C=O) groups is 9. The number of aliphatic carboxylic acids is 3. The average molecular weight is 936 g/mol. The number of carboxylic acids is 3. The number of carbonyl (C=O) groups excluding carboxylic acids is 6. The van der Waals surface area contributed by atoms with E-state index in [-0.39, 0.29) is 19.3 Å². The van der Waals surface area contributed by atoms with Gasteiger partial charge in [0.25, 0.3) is 0 Å². The van der Waals surface area contributed by atoms with Crippen LogP contribution in [0.1, 0.15) is 83.8 Å². The summed E-state index contributed by atoms with van der Waals surface area (Å²) in [4.78, 5) is 121. The van der Waals surface area contributed by atoms with Gasteiger partial charge < -0.3 is 63.7 Å². The van der Waals surface area contributed by atoms with Gasteiger partial charge in [0.15, 0.2) is 0 Å². The molecule has 0 radical (unpaired) electrons. The van der Waals surface area contributed by atoms with E-state index < -0.39 is 133 Å². The number of aromatic nitrogens is 1. The maximum atomic E-state index is 14.1. The van der Waals surface area contributed by atoms with Crippen molar-refractivity contribution in [3.63, 3.8) is 0 Å². The summed E-state index contributed by atoms with van der Waals surface area (Å²) in [6.07, 6.45) is 0.463. The van der Waals surface area contributed by atoms with E-state index in [1.54, 1.807) is 82.4 Å². The number of nitrogens with two attached hydrogens (primary N) is 2. The Labute approximate surface area is 388 Å². The summed E-state index contributed by atoms with van der Waals surface area (Å²) in [6, 6.07) is 6.53. The van der Waals surface area contributed by atoms with E-state index >= 15 is 0 Å². The molecule has 0 saturated heterocycles. The molecule has 3 aromatic rings. The van der Waals surface area contributed by atoms with Crippen molar-refractivity contribution in [3.05, 3.63) is 71.9 Å². The SMILES string of the molecule is CC(C)C(NC(=O)C(N)Cc1ccccc1)C(=O)NC(CCC(=O)O)C(=O)NC(CCC(=O)O)C(=O)NC(C(=O)NC(Cc1c[nH]c2ccccc12)C(=O)NC(CCCCN)C(=O)O)C(C)C. The van der Waals surface area contributed by atoms with Crippen molar-refractivity contribution in [3.8, 4) is 0 Å². The summed E-state index contributed by atoms with van der Waals surface area (Å²) >= 11 is 0. The Kier molecular flexibility index (Phi) is 21.9. The number of H-pyrrole nitrogens is 1. The van der Waals surface area contributed by atoms with Crippen LogP contribution in [0, 0.1) is 11.8 Å². The van der Waals surface area contributed by atoms with Crippen molar-refractivity contribution in [2.45, 2.75) is 128 Å². The van der Waals surface area contributed by atoms with Gasteiger partial charge in [-0.3, -0.25) is 38.4 Å². The number of para-hydroxylation sites is 1. The van der Waals surface area contributed by atoms with Gasteiger partial charge in [0.1, 0.15) is 36.3 Å². The molecule has 21 heteroatoms. The molecular formula is C46H65N9O12. The second kappa shape index (κ2) is 26.9. The molecule has 0 aliphatic carbocycles. The fourth-order valence-corrected chi connectivity index (χ4v) is 7.17. The van der Waals surface area contributed by atoms with Gasteiger partial charge in [-0.2, -0.15) is 0 Å². The maximum Gasteiger partial charge on any atom is 0.326 e. The van der Waals surface area contributed by atoms with Gasteiger partial charge in [0.2, 0.25) is 35.4 Å². The number of carboxylic acid groups (broad SMARTS) is 3. The topological polar surface area (TPSA) is 354 Å². The zero-order chi connectivity index (χ0) is 49.8. The summed E-state index contributed by atoms with van der Waals surface area (Å²) < 4.78 is 0. The van der Waals surface area contributed by atoms with Crippen LogP contribution >= 0.6 is 0 Å². The fraction of sp³-hybridized carbons (Fsp3) is 0.500. The van der Waals surface area contributed by atoms with Crippen LogP contribution in [-0.4, -0.2) is 122 Å². The Bertz CT molecular complexity index is 2180. The predicted molar refractivity (Wildman–Crippen MR) is 246 cm³/mol. The minimum Gasteiger partial charge on any atom is -0.481 e. The molecule has 7 unspecified atom stereocenters. The van der Waals surface area contributed by atoms with E-state index in [9.17, 15) is 58.5 Å². The average Bonchev–Trinajstić information content (AvgIpc) is 3.68. The molecule has 6 amide bonds. The number of benzene rings is 2. The lowest BCUT2D eigenvalue weighted by atomic mass is 9.99. The summed E-state index contributed by atoms with van der Waals surface area (Å²) in [5.41, 5.74) is 13.8. The first-order chi connectivity index (χ1) is 31.7. The molecule has 14 N–H and O–H groups in total. The van der Waals surface area contributed by atoms with Crippen molar-refractivity contribution in [1.29, 1.82) is 0 Å². The molecule has 366 valence electrons. The van der Waals surface area contributed by atoms with Gasteiger partial charge in [-0.25, -0.2) is 4.79 Å². The van der Waals surface area contributed by atoms with Crippen molar-refractivity contribution < 1.29 is 58.5 Å². The van der Waals surface area contributed by atoms with Crippen LogP contribution in [0.25, 0.3) is 10.9 Å². The van der Waals surface area contributed by atoms with E-state index in [0.717, 1.165) is 16.5 Å². The normalized spacial score (nSPS) is 14.4. The van der Waals surface area contributed by atoms with Crippen LogP contribution in [0.2, 0.25) is 0 Å². The Morgan fingerprint density at radius 1 is 0.552 bits per heavy atom. The molecule has 0 saturated carbocycles. The van der Waals surface area contributed by atoms with Crippen LogP contribution in [0.4, 0.5) is 0 Å². The van der Waals surface area contributed by atoms with Gasteiger partial charge >= 0.3 is 17.9 Å². The predicted octanol–water partition coefficient (Wildman–Crippen LogP) is 0.444. The molecule has 0 bridgehead atoms. The number of aromatic amines is 1. The smallest absolute Gasteiger partial charge is 0.326 e. The maximum absolute atomic E-state index is 14.1. The first-order valence-electron chi connectivity index (χ1n) is 22.2. The number of rotatable bonds is 29. The van der Waals surface area contributed by atoms with E-state index in [1.807, 2.05) is 6.07 Å². The Morgan fingerprint density at radius 3 is 1.57 bits per heavy atom. The number of nitrogens with one attached hydrogen (secondary N) is 7. The summed E-state index contributed by atoms with van der Waals surface area (Å²) in [6.45, 7) is 6.73. The number of amides is 6. The van der Waals surface area contributed by atoms with Gasteiger partial charge in [-0.1, -0.05) is 76.2 Å². The first-order valence-corrected chi connectivity index (χ1v) is 22.2. The monoisotopic (exact) mass is 935 g/mol. The second-order valence-electron chi connectivity index (χ2n) is 17.1. The molecule has 7 atom stereocenters. The highest BCUT2D eigenvalue weighted by Crippen LogP contribution is 2.20. The zero-order valence-corrected chi connectivity index (χ0v) is 38.2. The highest BCUT2D eigenvalue weighted by atomic mass is 16.4. The van der Waals surface area contributed by atoms with E-state index in [0.29, 0.717) is 24.9 Å². The Morgan fingerprint density at radius 2 is 1.03 bits per heavy atom. The second-order valence-corrected chi connectivity index (χ2v) is 17.1. The number of hydrogen-bond donors (Lipinski definition) is 12. The first kappa shape index (κ1) is 54.5. The minimum atomic E-state index is -1.64. The van der Waals surface area contributed by atoms with Crippen LogP contribution in [0.15, 0.2) is 60.8 Å². The molecule has 1 aromatic heterocycles. The minimum absolute atomic E-state index is 0.0692. The van der Waals surface area contributed by atoms with Gasteiger partial charge in [-0.05, 0) is 74.1 Å². The van der Waals surface area contributed by atoms with Crippen LogP contribution < -0.4 is 43.4 Å². The van der Waals surface area contributed by atoms with Crippen molar-refractivity contribution in [2.75, 3.05) is 6.54 Å². The lowest BCUT2D eigenvalue weighted by Crippen LogP contribution is -2.61. The third-order valence-electron chi connectivity index (χ3n) is 11.0. The zero-order valence-electron chi connectivity index (χ0n) is 38.2. The third-order valence-corrected chi connectivity index (χ3v) is 11.0. The van der Waals surface area contributed by atoms with Crippen molar-refractivity contribution >= 4 is 64.3 Å². The van der Waals surface area contributed by atoms with Crippen LogP contribution in [0.3, 0.4) is 0 Å².